The summed E-state index contributed by atoms with van der Waals surface area (Å²) in [5.74, 6) is 0.418. The van der Waals surface area contributed by atoms with E-state index in [0.29, 0.717) is 11.4 Å². The lowest BCUT2D eigenvalue weighted by atomic mass is 10.1. The van der Waals surface area contributed by atoms with Crippen molar-refractivity contribution < 1.29 is 9.53 Å². The largest absolute Gasteiger partial charge is 0.481 e. The third-order valence-corrected chi connectivity index (χ3v) is 2.50. The Morgan fingerprint density at radius 1 is 1.44 bits per heavy atom. The summed E-state index contributed by atoms with van der Waals surface area (Å²) in [4.78, 5) is 17.8. The normalized spacial score (nSPS) is 11.1. The first kappa shape index (κ1) is 12.5. The Hall–Kier alpha value is -1.58. The highest BCUT2D eigenvalue weighted by atomic mass is 16.5. The topological polar surface area (TPSA) is 42.4 Å². The van der Waals surface area contributed by atoms with Gasteiger partial charge >= 0.3 is 0 Å². The highest BCUT2D eigenvalue weighted by Crippen LogP contribution is 2.16. The van der Waals surface area contributed by atoms with Crippen molar-refractivity contribution in [1.29, 1.82) is 0 Å². The van der Waals surface area contributed by atoms with Crippen LogP contribution in [0.3, 0.4) is 0 Å². The molecule has 0 spiro atoms. The van der Waals surface area contributed by atoms with Gasteiger partial charge in [-0.1, -0.05) is 0 Å². The molecule has 0 saturated heterocycles. The van der Waals surface area contributed by atoms with Gasteiger partial charge in [0.25, 0.3) is 5.91 Å². The first-order valence-corrected chi connectivity index (χ1v) is 5.14. The van der Waals surface area contributed by atoms with Gasteiger partial charge in [0, 0.05) is 30.4 Å². The molecule has 1 amide bonds. The Morgan fingerprint density at radius 3 is 2.56 bits per heavy atom. The molecular formula is C12H18N2O2. The van der Waals surface area contributed by atoms with Gasteiger partial charge in [-0.2, -0.15) is 0 Å². The zero-order chi connectivity index (χ0) is 12.3. The van der Waals surface area contributed by atoms with E-state index in [0.717, 1.165) is 0 Å². The van der Waals surface area contributed by atoms with E-state index in [1.54, 1.807) is 30.3 Å². The second kappa shape index (κ2) is 4.51. The van der Waals surface area contributed by atoms with Crippen LogP contribution in [0.5, 0.6) is 5.88 Å². The molecule has 0 atom stereocenters. The third-order valence-electron chi connectivity index (χ3n) is 2.50. The van der Waals surface area contributed by atoms with Crippen LogP contribution in [-0.4, -0.2) is 35.5 Å². The second-order valence-electron chi connectivity index (χ2n) is 4.62. The van der Waals surface area contributed by atoms with Gasteiger partial charge in [-0.25, -0.2) is 4.98 Å². The van der Waals surface area contributed by atoms with E-state index in [1.807, 2.05) is 20.8 Å². The van der Waals surface area contributed by atoms with E-state index in [4.69, 9.17) is 4.74 Å². The molecule has 4 heteroatoms. The van der Waals surface area contributed by atoms with Gasteiger partial charge in [0.05, 0.1) is 7.11 Å². The van der Waals surface area contributed by atoms with Gasteiger partial charge in [-0.3, -0.25) is 4.79 Å². The minimum absolute atomic E-state index is 0.0341. The van der Waals surface area contributed by atoms with Crippen LogP contribution in [0.15, 0.2) is 18.3 Å². The van der Waals surface area contributed by atoms with Gasteiger partial charge < -0.3 is 9.64 Å². The predicted molar refractivity (Wildman–Crippen MR) is 62.6 cm³/mol. The van der Waals surface area contributed by atoms with Crippen molar-refractivity contribution in [2.75, 3.05) is 14.2 Å². The molecule has 88 valence electrons. The summed E-state index contributed by atoms with van der Waals surface area (Å²) in [5, 5.41) is 0. The number of nitrogens with zero attached hydrogens (tertiary/aromatic N) is 2. The maximum absolute atomic E-state index is 12.1. The van der Waals surface area contributed by atoms with Crippen molar-refractivity contribution in [1.82, 2.24) is 9.88 Å². The van der Waals surface area contributed by atoms with Crippen molar-refractivity contribution >= 4 is 5.91 Å². The summed E-state index contributed by atoms with van der Waals surface area (Å²) in [6, 6.07) is 3.33. The fourth-order valence-corrected chi connectivity index (χ4v) is 1.15. The quantitative estimate of drug-likeness (QED) is 0.768. The fourth-order valence-electron chi connectivity index (χ4n) is 1.15. The van der Waals surface area contributed by atoms with Gasteiger partial charge in [0.15, 0.2) is 0 Å². The molecule has 0 aliphatic rings. The zero-order valence-electron chi connectivity index (χ0n) is 10.4. The SMILES string of the molecule is COc1cc(C(=O)N(C)C(C)(C)C)ccn1. The number of hydrogen-bond donors (Lipinski definition) is 0. The summed E-state index contributed by atoms with van der Waals surface area (Å²) in [6.45, 7) is 5.97. The second-order valence-corrected chi connectivity index (χ2v) is 4.62. The van der Waals surface area contributed by atoms with Crippen LogP contribution in [0, 0.1) is 0 Å². The van der Waals surface area contributed by atoms with E-state index in [1.165, 1.54) is 7.11 Å². The number of rotatable bonds is 2. The number of amides is 1. The minimum Gasteiger partial charge on any atom is -0.481 e. The molecule has 16 heavy (non-hydrogen) atoms. The summed E-state index contributed by atoms with van der Waals surface area (Å²) >= 11 is 0. The number of carbonyl (C=O) groups excluding carboxylic acids is 1. The Balaban J connectivity index is 2.96. The molecule has 0 radical (unpaired) electrons. The minimum atomic E-state index is -0.201. The van der Waals surface area contributed by atoms with Gasteiger partial charge in [0.1, 0.15) is 0 Å². The molecule has 0 unspecified atom stereocenters. The van der Waals surface area contributed by atoms with E-state index in [-0.39, 0.29) is 11.4 Å². The van der Waals surface area contributed by atoms with E-state index < -0.39 is 0 Å². The Labute approximate surface area is 96.2 Å². The van der Waals surface area contributed by atoms with Gasteiger partial charge in [0.2, 0.25) is 5.88 Å². The number of pyridine rings is 1. The monoisotopic (exact) mass is 222 g/mol. The molecule has 0 saturated carbocycles. The maximum atomic E-state index is 12.1. The average molecular weight is 222 g/mol. The summed E-state index contributed by atoms with van der Waals surface area (Å²) in [7, 11) is 3.32. The smallest absolute Gasteiger partial charge is 0.254 e. The molecule has 1 heterocycles. The molecule has 0 fully saturated rings. The predicted octanol–water partition coefficient (Wildman–Crippen LogP) is 1.96. The molecular weight excluding hydrogens is 204 g/mol. The molecule has 4 nitrogen and oxygen atoms in total. The maximum Gasteiger partial charge on any atom is 0.254 e. The Kier molecular flexibility index (Phi) is 3.52. The van der Waals surface area contributed by atoms with Crippen LogP contribution in [0.1, 0.15) is 31.1 Å². The standard InChI is InChI=1S/C12H18N2O2/c1-12(2,3)14(4)11(15)9-6-7-13-10(8-9)16-5/h6-8H,1-5H3. The number of methoxy groups -OCH3 is 1. The van der Waals surface area contributed by atoms with E-state index in [9.17, 15) is 4.79 Å². The van der Waals surface area contributed by atoms with Crippen LogP contribution >= 0.6 is 0 Å². The Bertz CT molecular complexity index is 383. The summed E-state index contributed by atoms with van der Waals surface area (Å²) < 4.78 is 4.99. The molecule has 0 aliphatic carbocycles. The van der Waals surface area contributed by atoms with E-state index in [2.05, 4.69) is 4.98 Å². The van der Waals surface area contributed by atoms with Gasteiger partial charge in [-0.15, -0.1) is 0 Å². The lowest BCUT2D eigenvalue weighted by molar-refractivity contribution is 0.0655. The molecule has 0 aromatic carbocycles. The van der Waals surface area contributed by atoms with Gasteiger partial charge in [-0.05, 0) is 26.8 Å². The fraction of sp³-hybridized carbons (Fsp3) is 0.500. The van der Waals surface area contributed by atoms with Crippen LogP contribution < -0.4 is 4.74 Å². The van der Waals surface area contributed by atoms with Crippen LogP contribution in [0.25, 0.3) is 0 Å². The molecule has 1 aromatic heterocycles. The highest BCUT2D eigenvalue weighted by molar-refractivity contribution is 5.94. The molecule has 1 rings (SSSR count). The zero-order valence-corrected chi connectivity index (χ0v) is 10.4. The first-order valence-electron chi connectivity index (χ1n) is 5.14. The van der Waals surface area contributed by atoms with Crippen molar-refractivity contribution in [2.24, 2.45) is 0 Å². The average Bonchev–Trinajstić information content (AvgIpc) is 2.26. The van der Waals surface area contributed by atoms with Crippen molar-refractivity contribution in [2.45, 2.75) is 26.3 Å². The molecule has 0 bridgehead atoms. The molecule has 1 aromatic rings. The number of ether oxygens (including phenoxy) is 1. The molecule has 0 N–H and O–H groups in total. The van der Waals surface area contributed by atoms with Crippen molar-refractivity contribution in [3.05, 3.63) is 23.9 Å². The lowest BCUT2D eigenvalue weighted by Crippen LogP contribution is -2.42. The van der Waals surface area contributed by atoms with Crippen LogP contribution in [0.4, 0.5) is 0 Å². The summed E-state index contributed by atoms with van der Waals surface area (Å²) in [5.41, 5.74) is 0.386. The summed E-state index contributed by atoms with van der Waals surface area (Å²) in [6.07, 6.45) is 1.57. The van der Waals surface area contributed by atoms with Crippen LogP contribution in [-0.2, 0) is 0 Å². The van der Waals surface area contributed by atoms with Crippen molar-refractivity contribution in [3.63, 3.8) is 0 Å². The van der Waals surface area contributed by atoms with Crippen molar-refractivity contribution in [3.8, 4) is 5.88 Å². The highest BCUT2D eigenvalue weighted by Gasteiger charge is 2.23. The number of aromatic nitrogens is 1. The molecule has 0 aliphatic heterocycles. The number of carbonyl (C=O) groups is 1. The van der Waals surface area contributed by atoms with E-state index >= 15 is 0 Å². The number of hydrogen-bond acceptors (Lipinski definition) is 3. The first-order chi connectivity index (χ1) is 7.36. The van der Waals surface area contributed by atoms with Crippen LogP contribution in [0.2, 0.25) is 0 Å². The third kappa shape index (κ3) is 2.72. The lowest BCUT2D eigenvalue weighted by Gasteiger charge is -2.32. The Morgan fingerprint density at radius 2 is 2.06 bits per heavy atom.